The number of halogens is 2. The van der Waals surface area contributed by atoms with Crippen LogP contribution in [0.25, 0.3) is 0 Å². The van der Waals surface area contributed by atoms with Crippen molar-refractivity contribution >= 4 is 35.1 Å². The molecule has 4 nitrogen and oxygen atoms in total. The molecule has 0 fully saturated rings. The Labute approximate surface area is 102 Å². The van der Waals surface area contributed by atoms with Crippen molar-refractivity contribution in [1.29, 1.82) is 0 Å². The molecule has 0 radical (unpaired) electrons. The van der Waals surface area contributed by atoms with E-state index >= 15 is 0 Å². The summed E-state index contributed by atoms with van der Waals surface area (Å²) < 4.78 is 9.58. The Morgan fingerprint density at radius 2 is 1.25 bits per heavy atom. The minimum Gasteiger partial charge on any atom is -0.425 e. The van der Waals surface area contributed by atoms with Gasteiger partial charge >= 0.3 is 11.9 Å². The Morgan fingerprint density at radius 3 is 1.50 bits per heavy atom. The first-order valence-electron chi connectivity index (χ1n) is 4.26. The van der Waals surface area contributed by atoms with Gasteiger partial charge in [0.1, 0.15) is 0 Å². The summed E-state index contributed by atoms with van der Waals surface area (Å²) in [5.74, 6) is -0.790. The molecule has 0 bridgehead atoms. The number of esters is 2. The summed E-state index contributed by atoms with van der Waals surface area (Å²) in [6.07, 6.45) is 0. The molecule has 0 amide bonds. The van der Waals surface area contributed by atoms with Gasteiger partial charge in [0.15, 0.2) is 11.5 Å². The van der Waals surface area contributed by atoms with Crippen LogP contribution < -0.4 is 9.47 Å². The second kappa shape index (κ2) is 5.18. The van der Waals surface area contributed by atoms with E-state index in [4.69, 9.17) is 32.7 Å². The van der Waals surface area contributed by atoms with Gasteiger partial charge in [0.05, 0.1) is 10.0 Å². The van der Waals surface area contributed by atoms with Crippen LogP contribution in [-0.4, -0.2) is 11.9 Å². The topological polar surface area (TPSA) is 52.6 Å². The third-order valence-electron chi connectivity index (χ3n) is 1.49. The summed E-state index contributed by atoms with van der Waals surface area (Å²) in [4.78, 5) is 21.5. The van der Waals surface area contributed by atoms with E-state index in [0.29, 0.717) is 0 Å². The number of benzene rings is 1. The first-order chi connectivity index (χ1) is 7.40. The fraction of sp³-hybridized carbons (Fsp3) is 0.200. The van der Waals surface area contributed by atoms with Crippen LogP contribution in [0.3, 0.4) is 0 Å². The molecule has 0 aliphatic carbocycles. The van der Waals surface area contributed by atoms with E-state index in [9.17, 15) is 9.59 Å². The second-order valence-electron chi connectivity index (χ2n) is 2.90. The smallest absolute Gasteiger partial charge is 0.308 e. The Balaban J connectivity index is 3.06. The van der Waals surface area contributed by atoms with Gasteiger partial charge in [-0.05, 0) is 0 Å². The first-order valence-corrected chi connectivity index (χ1v) is 5.01. The van der Waals surface area contributed by atoms with Gasteiger partial charge < -0.3 is 9.47 Å². The summed E-state index contributed by atoms with van der Waals surface area (Å²) in [5.41, 5.74) is 0. The van der Waals surface area contributed by atoms with Crippen LogP contribution in [0.5, 0.6) is 11.5 Å². The van der Waals surface area contributed by atoms with Crippen molar-refractivity contribution in [2.24, 2.45) is 0 Å². The van der Waals surface area contributed by atoms with Gasteiger partial charge in [-0.2, -0.15) is 0 Å². The van der Waals surface area contributed by atoms with Crippen LogP contribution in [0, 0.1) is 0 Å². The number of hydrogen-bond acceptors (Lipinski definition) is 4. The molecular weight excluding hydrogens is 255 g/mol. The molecule has 0 aromatic heterocycles. The maximum atomic E-state index is 10.7. The van der Waals surface area contributed by atoms with Gasteiger partial charge in [-0.15, -0.1) is 0 Å². The molecule has 0 spiro atoms. The summed E-state index contributed by atoms with van der Waals surface area (Å²) in [5, 5.41) is 0.270. The molecule has 86 valence electrons. The van der Waals surface area contributed by atoms with Gasteiger partial charge in [-0.3, -0.25) is 9.59 Å². The third kappa shape index (κ3) is 3.40. The maximum Gasteiger partial charge on any atom is 0.308 e. The highest BCUT2D eigenvalue weighted by Crippen LogP contribution is 2.35. The highest BCUT2D eigenvalue weighted by atomic mass is 35.5. The van der Waals surface area contributed by atoms with Crippen molar-refractivity contribution in [2.75, 3.05) is 0 Å². The maximum absolute atomic E-state index is 10.7. The van der Waals surface area contributed by atoms with Gasteiger partial charge in [-0.25, -0.2) is 0 Å². The molecule has 0 aliphatic heterocycles. The molecule has 0 atom stereocenters. The zero-order chi connectivity index (χ0) is 12.3. The van der Waals surface area contributed by atoms with E-state index in [1.807, 2.05) is 0 Å². The van der Waals surface area contributed by atoms with Crippen LogP contribution in [0.4, 0.5) is 0 Å². The van der Waals surface area contributed by atoms with Crippen molar-refractivity contribution in [2.45, 2.75) is 13.8 Å². The minimum absolute atomic E-state index is 0.120. The SMILES string of the molecule is CC(=O)Oc1cc(Cl)c(OC(C)=O)cc1Cl. The van der Waals surface area contributed by atoms with Crippen molar-refractivity contribution in [1.82, 2.24) is 0 Å². The normalized spacial score (nSPS) is 9.75. The number of carbonyl (C=O) groups is 2. The van der Waals surface area contributed by atoms with Crippen LogP contribution in [0.15, 0.2) is 12.1 Å². The molecule has 0 heterocycles. The van der Waals surface area contributed by atoms with Crippen molar-refractivity contribution in [3.63, 3.8) is 0 Å². The summed E-state index contributed by atoms with van der Waals surface area (Å²) in [7, 11) is 0. The number of rotatable bonds is 2. The van der Waals surface area contributed by atoms with E-state index < -0.39 is 11.9 Å². The van der Waals surface area contributed by atoms with Gasteiger partial charge in [0, 0.05) is 26.0 Å². The summed E-state index contributed by atoms with van der Waals surface area (Å²) >= 11 is 11.6. The molecule has 1 aromatic carbocycles. The molecular formula is C10H8Cl2O4. The number of hydrogen-bond donors (Lipinski definition) is 0. The zero-order valence-corrected chi connectivity index (χ0v) is 10.1. The molecule has 6 heteroatoms. The van der Waals surface area contributed by atoms with Gasteiger partial charge in [-0.1, -0.05) is 23.2 Å². The van der Waals surface area contributed by atoms with Crippen molar-refractivity contribution < 1.29 is 19.1 Å². The third-order valence-corrected chi connectivity index (χ3v) is 2.08. The average Bonchev–Trinajstić information content (AvgIpc) is 2.11. The van der Waals surface area contributed by atoms with Crippen LogP contribution in [0.1, 0.15) is 13.8 Å². The molecule has 1 aromatic rings. The van der Waals surface area contributed by atoms with E-state index in [0.717, 1.165) is 0 Å². The standard InChI is InChI=1S/C10H8Cl2O4/c1-5(13)15-9-3-8(12)10(4-7(9)11)16-6(2)14/h3-4H,1-2H3. The van der Waals surface area contributed by atoms with E-state index in [2.05, 4.69) is 0 Å². The lowest BCUT2D eigenvalue weighted by Gasteiger charge is -2.08. The Morgan fingerprint density at radius 1 is 0.938 bits per heavy atom. The lowest BCUT2D eigenvalue weighted by molar-refractivity contribution is -0.133. The Bertz CT molecular complexity index is 401. The molecule has 0 saturated heterocycles. The quantitative estimate of drug-likeness (QED) is 0.608. The number of ether oxygens (including phenoxy) is 2. The minimum atomic E-state index is -0.516. The molecule has 0 saturated carbocycles. The lowest BCUT2D eigenvalue weighted by atomic mass is 10.3. The highest BCUT2D eigenvalue weighted by Gasteiger charge is 2.12. The fourth-order valence-electron chi connectivity index (χ4n) is 0.976. The molecule has 0 aliphatic rings. The summed E-state index contributed by atoms with van der Waals surface area (Å²) in [6.45, 7) is 2.48. The van der Waals surface area contributed by atoms with Crippen LogP contribution >= 0.6 is 23.2 Å². The second-order valence-corrected chi connectivity index (χ2v) is 3.71. The van der Waals surface area contributed by atoms with Crippen molar-refractivity contribution in [3.05, 3.63) is 22.2 Å². The fourth-order valence-corrected chi connectivity index (χ4v) is 1.36. The zero-order valence-electron chi connectivity index (χ0n) is 8.54. The Hall–Kier alpha value is -1.26. The molecule has 16 heavy (non-hydrogen) atoms. The van der Waals surface area contributed by atoms with E-state index in [1.54, 1.807) is 0 Å². The van der Waals surface area contributed by atoms with Crippen LogP contribution in [0.2, 0.25) is 10.0 Å². The van der Waals surface area contributed by atoms with E-state index in [1.165, 1.54) is 26.0 Å². The average molecular weight is 263 g/mol. The first kappa shape index (κ1) is 12.8. The van der Waals surface area contributed by atoms with Gasteiger partial charge in [0.2, 0.25) is 0 Å². The molecule has 1 rings (SSSR count). The van der Waals surface area contributed by atoms with Crippen molar-refractivity contribution in [3.8, 4) is 11.5 Å². The predicted molar refractivity (Wildman–Crippen MR) is 59.1 cm³/mol. The van der Waals surface area contributed by atoms with E-state index in [-0.39, 0.29) is 21.5 Å². The monoisotopic (exact) mass is 262 g/mol. The van der Waals surface area contributed by atoms with Gasteiger partial charge in [0.25, 0.3) is 0 Å². The largest absolute Gasteiger partial charge is 0.425 e. The molecule has 0 unspecified atom stereocenters. The Kier molecular flexibility index (Phi) is 4.15. The molecule has 0 N–H and O–H groups in total. The number of carbonyl (C=O) groups excluding carboxylic acids is 2. The lowest BCUT2D eigenvalue weighted by Crippen LogP contribution is -2.04. The highest BCUT2D eigenvalue weighted by molar-refractivity contribution is 6.35. The predicted octanol–water partition coefficient (Wildman–Crippen LogP) is 2.84. The van der Waals surface area contributed by atoms with Crippen LogP contribution in [-0.2, 0) is 9.59 Å². The summed E-state index contributed by atoms with van der Waals surface area (Å²) in [6, 6.07) is 2.62.